The van der Waals surface area contributed by atoms with Crippen LogP contribution in [-0.2, 0) is 0 Å². The number of anilines is 1. The number of nitrogens with one attached hydrogen (secondary N) is 1. The maximum absolute atomic E-state index is 12.8. The molecule has 0 spiro atoms. The molecule has 2 rings (SSSR count). The predicted octanol–water partition coefficient (Wildman–Crippen LogP) is 3.40. The highest BCUT2D eigenvalue weighted by Crippen LogP contribution is 2.19. The average Bonchev–Trinajstić information content (AvgIpc) is 2.41. The monoisotopic (exact) mass is 259 g/mol. The van der Waals surface area contributed by atoms with Gasteiger partial charge in [0.2, 0.25) is 0 Å². The molecule has 4 heteroatoms. The SMILES string of the molecule is COc1ccc(C(=O)Nc2ccc(F)cc2)cc1C. The van der Waals surface area contributed by atoms with Crippen LogP contribution < -0.4 is 10.1 Å². The molecule has 1 amide bonds. The van der Waals surface area contributed by atoms with Gasteiger partial charge in [-0.3, -0.25) is 4.79 Å². The van der Waals surface area contributed by atoms with E-state index in [1.165, 1.54) is 24.3 Å². The number of amides is 1. The minimum atomic E-state index is -0.335. The van der Waals surface area contributed by atoms with Crippen molar-refractivity contribution < 1.29 is 13.9 Å². The van der Waals surface area contributed by atoms with E-state index in [1.807, 2.05) is 6.92 Å². The van der Waals surface area contributed by atoms with E-state index in [2.05, 4.69) is 5.32 Å². The lowest BCUT2D eigenvalue weighted by Crippen LogP contribution is -2.12. The Morgan fingerprint density at radius 3 is 2.42 bits per heavy atom. The van der Waals surface area contributed by atoms with E-state index in [1.54, 1.807) is 25.3 Å². The molecular formula is C15H14FNO2. The zero-order valence-corrected chi connectivity index (χ0v) is 10.7. The Kier molecular flexibility index (Phi) is 3.80. The van der Waals surface area contributed by atoms with Gasteiger partial charge in [0.05, 0.1) is 7.11 Å². The number of aryl methyl sites for hydroxylation is 1. The van der Waals surface area contributed by atoms with Crippen LogP contribution in [0, 0.1) is 12.7 Å². The van der Waals surface area contributed by atoms with Gasteiger partial charge in [0.1, 0.15) is 11.6 Å². The van der Waals surface area contributed by atoms with Gasteiger partial charge in [-0.2, -0.15) is 0 Å². The van der Waals surface area contributed by atoms with Crippen LogP contribution in [0.5, 0.6) is 5.75 Å². The van der Waals surface area contributed by atoms with Crippen molar-refractivity contribution >= 4 is 11.6 Å². The third kappa shape index (κ3) is 3.10. The van der Waals surface area contributed by atoms with Gasteiger partial charge in [-0.05, 0) is 55.0 Å². The molecule has 1 N–H and O–H groups in total. The number of carbonyl (C=O) groups excluding carboxylic acids is 1. The molecule has 0 radical (unpaired) electrons. The Morgan fingerprint density at radius 1 is 1.16 bits per heavy atom. The van der Waals surface area contributed by atoms with Gasteiger partial charge in [-0.25, -0.2) is 4.39 Å². The highest BCUT2D eigenvalue weighted by Gasteiger charge is 2.08. The zero-order chi connectivity index (χ0) is 13.8. The molecule has 0 aliphatic heterocycles. The second-order valence-electron chi connectivity index (χ2n) is 4.15. The van der Waals surface area contributed by atoms with E-state index in [9.17, 15) is 9.18 Å². The van der Waals surface area contributed by atoms with Crippen LogP contribution >= 0.6 is 0 Å². The zero-order valence-electron chi connectivity index (χ0n) is 10.7. The number of carbonyl (C=O) groups is 1. The average molecular weight is 259 g/mol. The van der Waals surface area contributed by atoms with Gasteiger partial charge in [0, 0.05) is 11.3 Å². The maximum atomic E-state index is 12.8. The van der Waals surface area contributed by atoms with Crippen LogP contribution in [-0.4, -0.2) is 13.0 Å². The van der Waals surface area contributed by atoms with Gasteiger partial charge in [-0.1, -0.05) is 0 Å². The third-order valence-electron chi connectivity index (χ3n) is 2.76. The first-order chi connectivity index (χ1) is 9.10. The molecular weight excluding hydrogens is 245 g/mol. The smallest absolute Gasteiger partial charge is 0.255 e. The molecule has 0 heterocycles. The van der Waals surface area contributed by atoms with Crippen LogP contribution in [0.15, 0.2) is 42.5 Å². The second-order valence-corrected chi connectivity index (χ2v) is 4.15. The fourth-order valence-electron chi connectivity index (χ4n) is 1.76. The van der Waals surface area contributed by atoms with Gasteiger partial charge in [0.25, 0.3) is 5.91 Å². The summed E-state index contributed by atoms with van der Waals surface area (Å²) in [6.07, 6.45) is 0. The summed E-state index contributed by atoms with van der Waals surface area (Å²) in [7, 11) is 1.58. The van der Waals surface area contributed by atoms with Crippen molar-refractivity contribution in [1.82, 2.24) is 0 Å². The fraction of sp³-hybridized carbons (Fsp3) is 0.133. The van der Waals surface area contributed by atoms with Crippen molar-refractivity contribution in [3.63, 3.8) is 0 Å². The van der Waals surface area contributed by atoms with Crippen LogP contribution in [0.2, 0.25) is 0 Å². The van der Waals surface area contributed by atoms with Crippen LogP contribution in [0.1, 0.15) is 15.9 Å². The molecule has 0 atom stereocenters. The Morgan fingerprint density at radius 2 is 1.84 bits per heavy atom. The highest BCUT2D eigenvalue weighted by atomic mass is 19.1. The number of hydrogen-bond acceptors (Lipinski definition) is 2. The van der Waals surface area contributed by atoms with E-state index in [0.717, 1.165) is 11.3 Å². The summed E-state index contributed by atoms with van der Waals surface area (Å²) in [5.41, 5.74) is 1.97. The van der Waals surface area contributed by atoms with E-state index in [0.29, 0.717) is 11.3 Å². The van der Waals surface area contributed by atoms with Crippen molar-refractivity contribution in [2.24, 2.45) is 0 Å². The molecule has 0 aliphatic rings. The lowest BCUT2D eigenvalue weighted by atomic mass is 10.1. The summed E-state index contributed by atoms with van der Waals surface area (Å²) in [6.45, 7) is 1.87. The molecule has 19 heavy (non-hydrogen) atoms. The number of benzene rings is 2. The minimum absolute atomic E-state index is 0.239. The Balaban J connectivity index is 2.16. The van der Waals surface area contributed by atoms with Crippen LogP contribution in [0.3, 0.4) is 0 Å². The Hall–Kier alpha value is -2.36. The van der Waals surface area contributed by atoms with Gasteiger partial charge < -0.3 is 10.1 Å². The first-order valence-electron chi connectivity index (χ1n) is 5.81. The topological polar surface area (TPSA) is 38.3 Å². The molecule has 0 saturated heterocycles. The molecule has 0 saturated carbocycles. The number of rotatable bonds is 3. The molecule has 98 valence electrons. The summed E-state index contributed by atoms with van der Waals surface area (Å²) in [4.78, 5) is 12.0. The molecule has 0 unspecified atom stereocenters. The number of hydrogen-bond donors (Lipinski definition) is 1. The maximum Gasteiger partial charge on any atom is 0.255 e. The summed E-state index contributed by atoms with van der Waals surface area (Å²) in [5.74, 6) is 0.161. The molecule has 2 aromatic rings. The summed E-state index contributed by atoms with van der Waals surface area (Å²) in [5, 5.41) is 2.70. The summed E-state index contributed by atoms with van der Waals surface area (Å²) >= 11 is 0. The molecule has 0 aromatic heterocycles. The van der Waals surface area contributed by atoms with E-state index >= 15 is 0 Å². The predicted molar refractivity (Wildman–Crippen MR) is 72.1 cm³/mol. The normalized spacial score (nSPS) is 10.1. The van der Waals surface area contributed by atoms with Crippen LogP contribution in [0.25, 0.3) is 0 Å². The minimum Gasteiger partial charge on any atom is -0.496 e. The molecule has 0 aliphatic carbocycles. The number of halogens is 1. The number of ether oxygens (including phenoxy) is 1. The third-order valence-corrected chi connectivity index (χ3v) is 2.76. The Labute approximate surface area is 111 Å². The second kappa shape index (κ2) is 5.52. The summed E-state index contributed by atoms with van der Waals surface area (Å²) < 4.78 is 17.9. The Bertz CT molecular complexity index is 594. The quantitative estimate of drug-likeness (QED) is 0.917. The van der Waals surface area contributed by atoms with Crippen molar-refractivity contribution in [2.75, 3.05) is 12.4 Å². The standard InChI is InChI=1S/C15H14FNO2/c1-10-9-11(3-8-14(10)19-2)15(18)17-13-6-4-12(16)5-7-13/h3-9H,1-2H3,(H,17,18). The van der Waals surface area contributed by atoms with Gasteiger partial charge >= 0.3 is 0 Å². The van der Waals surface area contributed by atoms with E-state index < -0.39 is 0 Å². The first-order valence-corrected chi connectivity index (χ1v) is 5.81. The largest absolute Gasteiger partial charge is 0.496 e. The van der Waals surface area contributed by atoms with Crippen molar-refractivity contribution in [3.05, 3.63) is 59.4 Å². The lowest BCUT2D eigenvalue weighted by Gasteiger charge is -2.08. The molecule has 2 aromatic carbocycles. The summed E-state index contributed by atoms with van der Waals surface area (Å²) in [6, 6.07) is 10.8. The van der Waals surface area contributed by atoms with E-state index in [4.69, 9.17) is 4.74 Å². The van der Waals surface area contributed by atoms with Crippen molar-refractivity contribution in [3.8, 4) is 5.75 Å². The van der Waals surface area contributed by atoms with Crippen molar-refractivity contribution in [1.29, 1.82) is 0 Å². The van der Waals surface area contributed by atoms with E-state index in [-0.39, 0.29) is 11.7 Å². The molecule has 0 fully saturated rings. The highest BCUT2D eigenvalue weighted by molar-refractivity contribution is 6.04. The van der Waals surface area contributed by atoms with Crippen LogP contribution in [0.4, 0.5) is 10.1 Å². The van der Waals surface area contributed by atoms with Gasteiger partial charge in [0.15, 0.2) is 0 Å². The fourth-order valence-corrected chi connectivity index (χ4v) is 1.76. The first kappa shape index (κ1) is 13.1. The molecule has 0 bridgehead atoms. The number of methoxy groups -OCH3 is 1. The molecule has 3 nitrogen and oxygen atoms in total. The lowest BCUT2D eigenvalue weighted by molar-refractivity contribution is 0.102. The van der Waals surface area contributed by atoms with Gasteiger partial charge in [-0.15, -0.1) is 0 Å². The van der Waals surface area contributed by atoms with Crippen molar-refractivity contribution in [2.45, 2.75) is 6.92 Å².